The monoisotopic (exact) mass is 1400 g/mol. The first kappa shape index (κ1) is 70.9. The number of hydrogen-bond acceptors (Lipinski definition) is 3. The van der Waals surface area contributed by atoms with Gasteiger partial charge in [0.1, 0.15) is 17.5 Å². The fraction of sp³-hybridized carbons (Fsp3) is 0.463. The summed E-state index contributed by atoms with van der Waals surface area (Å²) in [6, 6.07) is 33.2. The zero-order valence-electron chi connectivity index (χ0n) is 48.4. The predicted molar refractivity (Wildman–Crippen MR) is 330 cm³/mol. The molecule has 0 bridgehead atoms. The van der Waals surface area contributed by atoms with Crippen LogP contribution in [0.2, 0.25) is 0 Å². The molecule has 0 aromatic heterocycles. The minimum absolute atomic E-state index is 0.303. The first-order chi connectivity index (χ1) is 40.6. The molecule has 2 N–H and O–H groups in total. The number of hydrogen-bond donors (Lipinski definition) is 2. The fourth-order valence-corrected chi connectivity index (χ4v) is 13.2. The average molecular weight is 1410 g/mol. The van der Waals surface area contributed by atoms with E-state index in [0.29, 0.717) is 50.4 Å². The number of rotatable bonds is 16. The molecule has 9 rings (SSSR count). The molecule has 6 aromatic rings. The molecule has 3 aliphatic rings. The summed E-state index contributed by atoms with van der Waals surface area (Å²) in [7, 11) is -1.35. The average Bonchev–Trinajstić information content (AvgIpc) is 1.21. The van der Waals surface area contributed by atoms with E-state index in [2.05, 4.69) is 97.6 Å². The first-order valence-corrected chi connectivity index (χ1v) is 32.0. The molecule has 86 heavy (non-hydrogen) atoms. The van der Waals surface area contributed by atoms with E-state index in [1.165, 1.54) is 132 Å². The lowest BCUT2D eigenvalue weighted by molar-refractivity contribution is -0.432. The van der Waals surface area contributed by atoms with Crippen molar-refractivity contribution in [2.24, 2.45) is 17.8 Å². The summed E-state index contributed by atoms with van der Waals surface area (Å²) in [6.45, 7) is 6.72. The molecule has 3 aliphatic carbocycles. The Morgan fingerprint density at radius 3 is 1.01 bits per heavy atom. The highest BCUT2D eigenvalue weighted by Crippen LogP contribution is 2.44. The van der Waals surface area contributed by atoms with Crippen LogP contribution in [0.4, 0.5) is 52.7 Å². The smallest absolute Gasteiger partial charge is 0.423 e. The van der Waals surface area contributed by atoms with Crippen LogP contribution in [0.5, 0.6) is 0 Å². The third kappa shape index (κ3) is 21.5. The Bertz CT molecular complexity index is 3000. The van der Waals surface area contributed by atoms with Crippen molar-refractivity contribution in [1.82, 2.24) is 0 Å². The molecular formula is C67H74BBr3F12O3. The van der Waals surface area contributed by atoms with Crippen LogP contribution < -0.4 is 5.46 Å². The first-order valence-electron chi connectivity index (χ1n) is 29.6. The quantitative estimate of drug-likeness (QED) is 0.0577. The molecule has 0 amide bonds. The second kappa shape index (κ2) is 32.6. The van der Waals surface area contributed by atoms with Gasteiger partial charge in [-0.3, -0.25) is 0 Å². The molecule has 468 valence electrons. The highest BCUT2D eigenvalue weighted by atomic mass is 79.9. The molecular weight excluding hydrogens is 1330 g/mol. The normalized spacial score (nSPS) is 20.1. The molecule has 0 heterocycles. The van der Waals surface area contributed by atoms with Gasteiger partial charge in [-0.1, -0.05) is 160 Å². The van der Waals surface area contributed by atoms with Crippen molar-refractivity contribution >= 4 is 60.4 Å². The highest BCUT2D eigenvalue weighted by molar-refractivity contribution is 9.10. The van der Waals surface area contributed by atoms with Crippen LogP contribution in [0.1, 0.15) is 187 Å². The van der Waals surface area contributed by atoms with Crippen molar-refractivity contribution in [2.75, 3.05) is 0 Å². The van der Waals surface area contributed by atoms with Crippen LogP contribution >= 0.6 is 47.8 Å². The van der Waals surface area contributed by atoms with Crippen molar-refractivity contribution in [3.63, 3.8) is 0 Å². The van der Waals surface area contributed by atoms with Crippen LogP contribution in [-0.2, 0) is 20.5 Å². The molecule has 0 aliphatic heterocycles. The van der Waals surface area contributed by atoms with E-state index in [9.17, 15) is 52.7 Å². The van der Waals surface area contributed by atoms with E-state index in [0.717, 1.165) is 66.5 Å². The molecule has 19 heteroatoms. The van der Waals surface area contributed by atoms with Gasteiger partial charge in [-0.15, -0.1) is 13.2 Å². The summed E-state index contributed by atoms with van der Waals surface area (Å²) in [5, 5.41) is 18.1. The number of halogens is 15. The Kier molecular flexibility index (Phi) is 26.9. The van der Waals surface area contributed by atoms with Crippen molar-refractivity contribution in [3.8, 4) is 22.3 Å². The van der Waals surface area contributed by atoms with Gasteiger partial charge in [0.25, 0.3) is 0 Å². The maximum atomic E-state index is 14.1. The van der Waals surface area contributed by atoms with Crippen LogP contribution in [0, 0.1) is 35.2 Å². The molecule has 0 atom stereocenters. The predicted octanol–water partition coefficient (Wildman–Crippen LogP) is 22.6. The summed E-state index contributed by atoms with van der Waals surface area (Å²) in [5.41, 5.74) is 4.06. The van der Waals surface area contributed by atoms with Crippen LogP contribution in [0.3, 0.4) is 0 Å². The maximum Gasteiger partial charge on any atom is 0.527 e. The maximum absolute atomic E-state index is 14.1. The minimum atomic E-state index is -5.58. The van der Waals surface area contributed by atoms with Crippen molar-refractivity contribution in [1.29, 1.82) is 0 Å². The van der Waals surface area contributed by atoms with E-state index in [1.807, 2.05) is 36.4 Å². The Morgan fingerprint density at radius 1 is 0.419 bits per heavy atom. The van der Waals surface area contributed by atoms with E-state index in [1.54, 1.807) is 18.2 Å². The van der Waals surface area contributed by atoms with Gasteiger partial charge in [0, 0.05) is 4.47 Å². The molecule has 3 nitrogen and oxygen atoms in total. The summed E-state index contributed by atoms with van der Waals surface area (Å²) >= 11 is 7.25. The topological polar surface area (TPSA) is 49.7 Å². The van der Waals surface area contributed by atoms with Crippen LogP contribution in [0.15, 0.2) is 132 Å². The SMILES string of the molecule is CCCC1CCC(c2ccc(-c3ccc(C(F)(F)Br)c(F)c3)cc2)CC1.CCCC1CCC(c2ccc(-c3ccc(C(F)(F)OC(F)(F)F)c(F)c3)cc2)CC1.CCCC1CCC(c2ccc(B(O)O)cc2)CC1.Fc1cc(Br)ccc1C(F)(F)Br. The minimum Gasteiger partial charge on any atom is -0.423 e. The largest absolute Gasteiger partial charge is 0.527 e. The van der Waals surface area contributed by atoms with Gasteiger partial charge in [0.15, 0.2) is 0 Å². The molecule has 6 aromatic carbocycles. The van der Waals surface area contributed by atoms with Crippen molar-refractivity contribution < 1.29 is 67.5 Å². The molecule has 0 radical (unpaired) electrons. The lowest BCUT2D eigenvalue weighted by Crippen LogP contribution is -2.29. The lowest BCUT2D eigenvalue weighted by Gasteiger charge is -2.28. The standard InChI is InChI=1S/C23H24F6O.C22H24BrF3.C15H23BO2.C7H3Br2F3/c1-2-3-15-4-6-16(7-5-15)17-8-10-18(11-9-17)19-12-13-20(21(24)14-19)22(25,26)30-23(27,28)29;1-2-3-15-4-6-16(7-5-15)17-8-10-18(11-9-17)19-12-13-20(21(24)14-19)22(23,25)26;1-2-3-12-4-6-13(7-5-12)14-8-10-15(11-9-14)16(17)18;8-4-1-2-5(6(10)3-4)7(9,11)12/h8-16H,2-7H2,1H3;8-16H,2-7H2,1H3;8-13,17-18H,2-7H2,1H3;1-3H. The summed E-state index contributed by atoms with van der Waals surface area (Å²) in [4.78, 5) is -6.66. The molecule has 0 unspecified atom stereocenters. The van der Waals surface area contributed by atoms with Crippen molar-refractivity contribution in [2.45, 2.75) is 176 Å². The number of ether oxygens (including phenoxy) is 1. The summed E-state index contributed by atoms with van der Waals surface area (Å²) in [6.07, 6.45) is 12.4. The Balaban J connectivity index is 0.000000192. The fourth-order valence-electron chi connectivity index (χ4n) is 12.2. The van der Waals surface area contributed by atoms with Crippen molar-refractivity contribution in [3.05, 3.63) is 183 Å². The Hall–Kier alpha value is -4.14. The molecule has 3 saturated carbocycles. The van der Waals surface area contributed by atoms with Gasteiger partial charge >= 0.3 is 29.3 Å². The van der Waals surface area contributed by atoms with E-state index in [4.69, 9.17) is 10.0 Å². The third-order valence-electron chi connectivity index (χ3n) is 16.8. The molecule has 0 saturated heterocycles. The third-order valence-corrected chi connectivity index (χ3v) is 18.2. The number of benzene rings is 6. The number of alkyl halides is 11. The zero-order valence-corrected chi connectivity index (χ0v) is 53.1. The highest BCUT2D eigenvalue weighted by Gasteiger charge is 2.48. The van der Waals surface area contributed by atoms with Gasteiger partial charge in [0.2, 0.25) is 0 Å². The van der Waals surface area contributed by atoms with Crippen LogP contribution in [0.25, 0.3) is 22.3 Å². The van der Waals surface area contributed by atoms with Gasteiger partial charge in [0.05, 0.1) is 16.7 Å². The van der Waals surface area contributed by atoms with Crippen LogP contribution in [-0.4, -0.2) is 23.5 Å². The Morgan fingerprint density at radius 2 is 0.721 bits per heavy atom. The Labute approximate surface area is 523 Å². The molecule has 0 spiro atoms. The summed E-state index contributed by atoms with van der Waals surface area (Å²) < 4.78 is 159. The van der Waals surface area contributed by atoms with Gasteiger partial charge < -0.3 is 10.0 Å². The van der Waals surface area contributed by atoms with E-state index >= 15 is 0 Å². The van der Waals surface area contributed by atoms with Gasteiger partial charge in [-0.2, -0.15) is 26.3 Å². The zero-order chi connectivity index (χ0) is 63.0. The van der Waals surface area contributed by atoms with E-state index in [-0.39, 0.29) is 0 Å². The van der Waals surface area contributed by atoms with E-state index < -0.39 is 63.4 Å². The molecule has 3 fully saturated rings. The summed E-state index contributed by atoms with van der Waals surface area (Å²) in [5.74, 6) is 1.06. The second-order valence-electron chi connectivity index (χ2n) is 22.9. The van der Waals surface area contributed by atoms with Gasteiger partial charge in [-0.05, 0) is 231 Å². The second-order valence-corrected chi connectivity index (χ2v) is 25.8. The van der Waals surface area contributed by atoms with Gasteiger partial charge in [-0.25, -0.2) is 17.9 Å². The lowest BCUT2D eigenvalue weighted by atomic mass is 9.75.